The molecule has 1 heterocycles. The van der Waals surface area contributed by atoms with E-state index in [1.807, 2.05) is 49.4 Å². The maximum atomic E-state index is 12.9. The molecule has 28 heavy (non-hydrogen) atoms. The van der Waals surface area contributed by atoms with Gasteiger partial charge in [0, 0.05) is 10.8 Å². The Labute approximate surface area is 161 Å². The highest BCUT2D eigenvalue weighted by atomic mass is 16.5. The van der Waals surface area contributed by atoms with Crippen molar-refractivity contribution < 1.29 is 9.53 Å². The maximum absolute atomic E-state index is 12.9. The zero-order chi connectivity index (χ0) is 19.7. The minimum atomic E-state index is -0.458. The van der Waals surface area contributed by atoms with Gasteiger partial charge in [-0.1, -0.05) is 23.8 Å². The molecule has 0 amide bonds. The Hall–Kier alpha value is -3.91. The van der Waals surface area contributed by atoms with Gasteiger partial charge in [-0.05, 0) is 55.5 Å². The summed E-state index contributed by atoms with van der Waals surface area (Å²) in [6.07, 6.45) is 0. The quantitative estimate of drug-likeness (QED) is 0.312. The molecule has 5 nitrogen and oxygen atoms in total. The molecule has 0 aliphatic heterocycles. The third-order valence-electron chi connectivity index (χ3n) is 4.63. The summed E-state index contributed by atoms with van der Waals surface area (Å²) in [4.78, 5) is 25.5. The Morgan fingerprint density at radius 1 is 1.00 bits per heavy atom. The predicted molar refractivity (Wildman–Crippen MR) is 107 cm³/mol. The van der Waals surface area contributed by atoms with Crippen LogP contribution in [0.1, 0.15) is 11.1 Å². The van der Waals surface area contributed by atoms with Crippen LogP contribution in [0.4, 0.5) is 0 Å². The van der Waals surface area contributed by atoms with Crippen molar-refractivity contribution >= 4 is 27.8 Å². The fourth-order valence-electron chi connectivity index (χ4n) is 3.30. The molecule has 0 bridgehead atoms. The average Bonchev–Trinajstić information content (AvgIpc) is 2.72. The van der Waals surface area contributed by atoms with Gasteiger partial charge in [-0.3, -0.25) is 4.79 Å². The molecule has 0 atom stereocenters. The van der Waals surface area contributed by atoms with E-state index in [1.165, 1.54) is 0 Å². The van der Waals surface area contributed by atoms with Crippen LogP contribution in [0, 0.1) is 18.3 Å². The lowest BCUT2D eigenvalue weighted by atomic mass is 10.1. The van der Waals surface area contributed by atoms with Crippen LogP contribution in [0.3, 0.4) is 0 Å². The summed E-state index contributed by atoms with van der Waals surface area (Å²) in [6, 6.07) is 21.2. The van der Waals surface area contributed by atoms with Crippen molar-refractivity contribution in [3.8, 4) is 11.8 Å². The number of fused-ring (bicyclic) bond motifs is 2. The van der Waals surface area contributed by atoms with Gasteiger partial charge in [-0.15, -0.1) is 0 Å². The average molecular weight is 368 g/mol. The molecular formula is C23H16N2O3. The zero-order valence-corrected chi connectivity index (χ0v) is 15.2. The monoisotopic (exact) mass is 368 g/mol. The number of ether oxygens (including phenoxy) is 1. The third-order valence-corrected chi connectivity index (χ3v) is 4.63. The first kappa shape index (κ1) is 17.5. The van der Waals surface area contributed by atoms with Gasteiger partial charge in [-0.2, -0.15) is 5.26 Å². The first-order valence-corrected chi connectivity index (χ1v) is 8.79. The van der Waals surface area contributed by atoms with Crippen molar-refractivity contribution in [1.29, 1.82) is 5.26 Å². The molecular weight excluding hydrogens is 352 g/mol. The summed E-state index contributed by atoms with van der Waals surface area (Å²) in [6.45, 7) is 1.89. The molecule has 0 radical (unpaired) electrons. The van der Waals surface area contributed by atoms with Crippen molar-refractivity contribution in [2.45, 2.75) is 13.5 Å². The molecule has 5 heteroatoms. The Morgan fingerprint density at radius 2 is 1.71 bits per heavy atom. The number of nitriles is 1. The van der Waals surface area contributed by atoms with E-state index in [4.69, 9.17) is 10.00 Å². The van der Waals surface area contributed by atoms with Gasteiger partial charge in [0.15, 0.2) is 5.43 Å². The fraction of sp³-hybridized carbons (Fsp3) is 0.0870. The number of carbonyl (C=O) groups excluding carboxylic acids is 1. The number of pyridine rings is 1. The number of benzene rings is 3. The van der Waals surface area contributed by atoms with E-state index in [9.17, 15) is 9.59 Å². The largest absolute Gasteiger partial charge is 0.425 e. The second kappa shape index (κ2) is 7.01. The summed E-state index contributed by atoms with van der Waals surface area (Å²) in [5.41, 5.74) is 2.79. The number of aromatic nitrogens is 1. The molecule has 0 unspecified atom stereocenters. The van der Waals surface area contributed by atoms with Gasteiger partial charge in [0.25, 0.3) is 0 Å². The number of carbonyl (C=O) groups is 1. The van der Waals surface area contributed by atoms with Crippen LogP contribution < -0.4 is 10.2 Å². The summed E-state index contributed by atoms with van der Waals surface area (Å²) < 4.78 is 7.23. The smallest absolute Gasteiger partial charge is 0.331 e. The van der Waals surface area contributed by atoms with Crippen LogP contribution >= 0.6 is 0 Å². The van der Waals surface area contributed by atoms with Crippen LogP contribution in [-0.4, -0.2) is 10.5 Å². The highest BCUT2D eigenvalue weighted by Crippen LogP contribution is 2.21. The van der Waals surface area contributed by atoms with Gasteiger partial charge < -0.3 is 9.30 Å². The number of aryl methyl sites for hydroxylation is 1. The minimum Gasteiger partial charge on any atom is -0.425 e. The molecule has 4 aromatic rings. The van der Waals surface area contributed by atoms with E-state index in [0.717, 1.165) is 5.56 Å². The fourth-order valence-corrected chi connectivity index (χ4v) is 3.30. The molecule has 0 saturated heterocycles. The molecule has 0 aliphatic carbocycles. The summed E-state index contributed by atoms with van der Waals surface area (Å²) in [5, 5.41) is 10.00. The second-order valence-electron chi connectivity index (χ2n) is 6.56. The summed E-state index contributed by atoms with van der Waals surface area (Å²) in [5.74, 6) is -0.0881. The molecule has 3 aromatic carbocycles. The van der Waals surface area contributed by atoms with E-state index in [0.29, 0.717) is 33.1 Å². The Morgan fingerprint density at radius 3 is 2.46 bits per heavy atom. The van der Waals surface area contributed by atoms with Gasteiger partial charge in [0.05, 0.1) is 22.7 Å². The number of esters is 1. The maximum Gasteiger partial charge on any atom is 0.331 e. The highest BCUT2D eigenvalue weighted by Gasteiger charge is 2.14. The van der Waals surface area contributed by atoms with Crippen LogP contribution in [0.2, 0.25) is 0 Å². The molecule has 0 saturated carbocycles. The molecule has 0 spiro atoms. The highest BCUT2D eigenvalue weighted by molar-refractivity contribution is 5.94. The molecule has 0 fully saturated rings. The van der Waals surface area contributed by atoms with E-state index in [-0.39, 0.29) is 12.0 Å². The van der Waals surface area contributed by atoms with Crippen LogP contribution in [-0.2, 0) is 11.3 Å². The van der Waals surface area contributed by atoms with E-state index in [1.54, 1.807) is 34.9 Å². The lowest BCUT2D eigenvalue weighted by Crippen LogP contribution is -2.20. The SMILES string of the molecule is Cc1ccc2c(c1)c(=O)c1ccccc1n2CC(=O)Oc1ccc(C#N)cc1. The molecule has 136 valence electrons. The normalized spacial score (nSPS) is 10.7. The molecule has 0 aliphatic rings. The Bertz CT molecular complexity index is 1310. The second-order valence-corrected chi connectivity index (χ2v) is 6.56. The Kier molecular flexibility index (Phi) is 4.38. The number of para-hydroxylation sites is 1. The first-order valence-electron chi connectivity index (χ1n) is 8.79. The minimum absolute atomic E-state index is 0.0413. The van der Waals surface area contributed by atoms with Crippen molar-refractivity contribution in [3.05, 3.63) is 88.1 Å². The number of nitrogens with zero attached hydrogens (tertiary/aromatic N) is 2. The van der Waals surface area contributed by atoms with Crippen LogP contribution in [0.5, 0.6) is 5.75 Å². The van der Waals surface area contributed by atoms with Crippen LogP contribution in [0.15, 0.2) is 71.5 Å². The van der Waals surface area contributed by atoms with Crippen molar-refractivity contribution in [2.24, 2.45) is 0 Å². The summed E-state index contributed by atoms with van der Waals surface area (Å²) >= 11 is 0. The number of rotatable bonds is 3. The van der Waals surface area contributed by atoms with Gasteiger partial charge in [0.2, 0.25) is 0 Å². The lowest BCUT2D eigenvalue weighted by Gasteiger charge is -2.15. The molecule has 0 N–H and O–H groups in total. The Balaban J connectivity index is 1.78. The standard InChI is InChI=1S/C23H16N2O3/c1-15-6-11-21-19(12-15)23(27)18-4-2-3-5-20(18)25(21)14-22(26)28-17-9-7-16(13-24)8-10-17/h2-12H,14H2,1H3. The zero-order valence-electron chi connectivity index (χ0n) is 15.2. The third kappa shape index (κ3) is 3.12. The van der Waals surface area contributed by atoms with Crippen molar-refractivity contribution in [2.75, 3.05) is 0 Å². The first-order chi connectivity index (χ1) is 13.6. The summed E-state index contributed by atoms with van der Waals surface area (Å²) in [7, 11) is 0. The van der Waals surface area contributed by atoms with Gasteiger partial charge >= 0.3 is 5.97 Å². The molecule has 4 rings (SSSR count). The van der Waals surface area contributed by atoms with E-state index < -0.39 is 5.97 Å². The van der Waals surface area contributed by atoms with Gasteiger partial charge in [0.1, 0.15) is 12.3 Å². The number of hydrogen-bond acceptors (Lipinski definition) is 4. The van der Waals surface area contributed by atoms with Crippen molar-refractivity contribution in [1.82, 2.24) is 4.57 Å². The van der Waals surface area contributed by atoms with Gasteiger partial charge in [-0.25, -0.2) is 4.79 Å². The van der Waals surface area contributed by atoms with E-state index in [2.05, 4.69) is 0 Å². The molecule has 1 aromatic heterocycles. The van der Waals surface area contributed by atoms with Crippen molar-refractivity contribution in [3.63, 3.8) is 0 Å². The topological polar surface area (TPSA) is 72.1 Å². The number of hydrogen-bond donors (Lipinski definition) is 0. The predicted octanol–water partition coefficient (Wildman–Crippen LogP) is 3.94. The van der Waals surface area contributed by atoms with Crippen LogP contribution in [0.25, 0.3) is 21.8 Å². The lowest BCUT2D eigenvalue weighted by molar-refractivity contribution is -0.134. The van der Waals surface area contributed by atoms with E-state index >= 15 is 0 Å².